The lowest BCUT2D eigenvalue weighted by Crippen LogP contribution is -2.56. The molecular weight excluding hydrogens is 176 g/mol. The summed E-state index contributed by atoms with van der Waals surface area (Å²) in [5.41, 5.74) is -0.0343. The largest absolute Gasteiger partial charge is 0.377 e. The van der Waals surface area contributed by atoms with Gasteiger partial charge in [0.25, 0.3) is 0 Å². The first kappa shape index (κ1) is 10.2. The molecule has 0 radical (unpaired) electrons. The first-order valence-electron chi connectivity index (χ1n) is 5.94. The highest BCUT2D eigenvalue weighted by Crippen LogP contribution is 2.50. The summed E-state index contributed by atoms with van der Waals surface area (Å²) in [6.45, 7) is 2.94. The van der Waals surface area contributed by atoms with Crippen LogP contribution in [0.2, 0.25) is 0 Å². The number of carbonyl (C=O) groups excluding carboxylic acids is 1. The van der Waals surface area contributed by atoms with E-state index in [-0.39, 0.29) is 11.5 Å². The van der Waals surface area contributed by atoms with Crippen LogP contribution in [0.15, 0.2) is 0 Å². The van der Waals surface area contributed by atoms with E-state index in [9.17, 15) is 4.79 Å². The first-order chi connectivity index (χ1) is 6.79. The topological polar surface area (TPSA) is 26.3 Å². The third kappa shape index (κ3) is 1.50. The Kier molecular flexibility index (Phi) is 2.91. The zero-order valence-corrected chi connectivity index (χ0v) is 9.05. The molecule has 0 aromatic carbocycles. The number of ether oxygens (including phenoxy) is 1. The molecule has 0 aliphatic heterocycles. The van der Waals surface area contributed by atoms with E-state index in [0.29, 0.717) is 12.2 Å². The highest BCUT2D eigenvalue weighted by Gasteiger charge is 2.55. The zero-order valence-electron chi connectivity index (χ0n) is 9.05. The maximum absolute atomic E-state index is 11.7. The van der Waals surface area contributed by atoms with E-state index >= 15 is 0 Å². The third-order valence-corrected chi connectivity index (χ3v) is 3.81. The molecule has 0 N–H and O–H groups in total. The van der Waals surface area contributed by atoms with Crippen molar-refractivity contribution < 1.29 is 9.53 Å². The van der Waals surface area contributed by atoms with Crippen molar-refractivity contribution in [3.8, 4) is 0 Å². The van der Waals surface area contributed by atoms with Crippen molar-refractivity contribution in [3.05, 3.63) is 0 Å². The number of Topliss-reactive ketones (excluding diaryl/α,β-unsaturated/α-hetero) is 1. The molecule has 2 heteroatoms. The van der Waals surface area contributed by atoms with Crippen LogP contribution in [0.25, 0.3) is 0 Å². The fraction of sp³-hybridized carbons (Fsp3) is 0.917. The molecule has 0 saturated heterocycles. The van der Waals surface area contributed by atoms with Gasteiger partial charge in [0.05, 0.1) is 11.5 Å². The Bertz CT molecular complexity index is 216. The Balaban J connectivity index is 1.95. The van der Waals surface area contributed by atoms with Crippen LogP contribution in [-0.4, -0.2) is 18.5 Å². The van der Waals surface area contributed by atoms with E-state index in [1.165, 1.54) is 19.3 Å². The molecule has 0 heterocycles. The maximum atomic E-state index is 11.7. The van der Waals surface area contributed by atoms with Crippen molar-refractivity contribution in [2.75, 3.05) is 6.61 Å². The number of hydrogen-bond donors (Lipinski definition) is 0. The summed E-state index contributed by atoms with van der Waals surface area (Å²) in [5.74, 6) is 0.471. The Morgan fingerprint density at radius 1 is 1.36 bits per heavy atom. The van der Waals surface area contributed by atoms with Gasteiger partial charge in [0.2, 0.25) is 0 Å². The maximum Gasteiger partial charge on any atom is 0.144 e. The lowest BCUT2D eigenvalue weighted by atomic mass is 9.57. The van der Waals surface area contributed by atoms with Crippen LogP contribution < -0.4 is 0 Å². The predicted octanol–water partition coefficient (Wildman–Crippen LogP) is 2.70. The highest BCUT2D eigenvalue weighted by atomic mass is 16.5. The molecule has 2 fully saturated rings. The Hall–Kier alpha value is -0.370. The summed E-state index contributed by atoms with van der Waals surface area (Å²) in [7, 11) is 0. The van der Waals surface area contributed by atoms with Gasteiger partial charge in [0.15, 0.2) is 0 Å². The van der Waals surface area contributed by atoms with Gasteiger partial charge in [-0.3, -0.25) is 4.79 Å². The van der Waals surface area contributed by atoms with Crippen molar-refractivity contribution in [3.63, 3.8) is 0 Å². The van der Waals surface area contributed by atoms with E-state index < -0.39 is 0 Å². The van der Waals surface area contributed by atoms with Crippen molar-refractivity contribution in [2.24, 2.45) is 5.41 Å². The lowest BCUT2D eigenvalue weighted by molar-refractivity contribution is -0.168. The fourth-order valence-electron chi connectivity index (χ4n) is 2.88. The summed E-state index contributed by atoms with van der Waals surface area (Å²) in [4.78, 5) is 11.7. The second-order valence-corrected chi connectivity index (χ2v) is 4.70. The Morgan fingerprint density at radius 2 is 2.07 bits per heavy atom. The van der Waals surface area contributed by atoms with Crippen molar-refractivity contribution in [1.29, 1.82) is 0 Å². The minimum absolute atomic E-state index is 0.0343. The van der Waals surface area contributed by atoms with Gasteiger partial charge in [-0.15, -0.1) is 0 Å². The molecule has 0 bridgehead atoms. The quantitative estimate of drug-likeness (QED) is 0.693. The van der Waals surface area contributed by atoms with Crippen LogP contribution in [0.5, 0.6) is 0 Å². The van der Waals surface area contributed by atoms with E-state index in [2.05, 4.69) is 6.92 Å². The number of ketones is 1. The average Bonchev–Trinajstić information content (AvgIpc) is 2.25. The van der Waals surface area contributed by atoms with Crippen molar-refractivity contribution in [1.82, 2.24) is 0 Å². The van der Waals surface area contributed by atoms with E-state index in [0.717, 1.165) is 25.9 Å². The zero-order chi connectivity index (χ0) is 10.0. The molecule has 1 spiro atoms. The molecule has 80 valence electrons. The van der Waals surface area contributed by atoms with Gasteiger partial charge in [-0.1, -0.05) is 26.2 Å². The number of rotatable bonds is 3. The minimum atomic E-state index is -0.0343. The van der Waals surface area contributed by atoms with E-state index in [1.807, 2.05) is 0 Å². The van der Waals surface area contributed by atoms with Crippen molar-refractivity contribution >= 4 is 5.78 Å². The summed E-state index contributed by atoms with van der Waals surface area (Å²) < 4.78 is 5.77. The normalized spacial score (nSPS) is 30.4. The van der Waals surface area contributed by atoms with E-state index in [1.54, 1.807) is 0 Å². The average molecular weight is 196 g/mol. The van der Waals surface area contributed by atoms with Crippen LogP contribution in [0.1, 0.15) is 51.9 Å². The van der Waals surface area contributed by atoms with Gasteiger partial charge in [-0.25, -0.2) is 0 Å². The third-order valence-electron chi connectivity index (χ3n) is 3.81. The predicted molar refractivity (Wildman–Crippen MR) is 55.2 cm³/mol. The van der Waals surface area contributed by atoms with Gasteiger partial charge in [-0.2, -0.15) is 0 Å². The summed E-state index contributed by atoms with van der Waals surface area (Å²) in [5, 5.41) is 0. The fourth-order valence-corrected chi connectivity index (χ4v) is 2.88. The number of hydrogen-bond acceptors (Lipinski definition) is 2. The van der Waals surface area contributed by atoms with E-state index in [4.69, 9.17) is 4.74 Å². The molecular formula is C12H20O2. The lowest BCUT2D eigenvalue weighted by Gasteiger charge is -2.49. The van der Waals surface area contributed by atoms with Gasteiger partial charge in [0.1, 0.15) is 5.78 Å². The second-order valence-electron chi connectivity index (χ2n) is 4.70. The first-order valence-corrected chi connectivity index (χ1v) is 5.94. The van der Waals surface area contributed by atoms with Crippen LogP contribution in [0.3, 0.4) is 0 Å². The molecule has 2 aliphatic rings. The molecule has 2 saturated carbocycles. The van der Waals surface area contributed by atoms with Gasteiger partial charge in [-0.05, 0) is 19.3 Å². The molecule has 0 aromatic rings. The van der Waals surface area contributed by atoms with Crippen LogP contribution >= 0.6 is 0 Å². The summed E-state index contributed by atoms with van der Waals surface area (Å²) in [6.07, 6.45) is 7.90. The molecule has 1 unspecified atom stereocenters. The van der Waals surface area contributed by atoms with Gasteiger partial charge < -0.3 is 4.74 Å². The monoisotopic (exact) mass is 196 g/mol. The molecule has 0 aromatic heterocycles. The summed E-state index contributed by atoms with van der Waals surface area (Å²) in [6, 6.07) is 0. The molecule has 2 rings (SSSR count). The van der Waals surface area contributed by atoms with Gasteiger partial charge >= 0.3 is 0 Å². The van der Waals surface area contributed by atoms with Crippen LogP contribution in [-0.2, 0) is 9.53 Å². The van der Waals surface area contributed by atoms with Crippen molar-refractivity contribution in [2.45, 2.75) is 58.0 Å². The minimum Gasteiger partial charge on any atom is -0.377 e. The molecule has 0 amide bonds. The SMILES string of the molecule is CCCOC1CC(=O)C12CCCCC2. The Labute approximate surface area is 86.0 Å². The standard InChI is InChI=1S/C12H20O2/c1-2-8-14-11-9-10(13)12(11)6-4-3-5-7-12/h11H,2-9H2,1H3. The molecule has 14 heavy (non-hydrogen) atoms. The molecule has 2 nitrogen and oxygen atoms in total. The second kappa shape index (κ2) is 4.01. The molecule has 1 atom stereocenters. The van der Waals surface area contributed by atoms with Gasteiger partial charge in [0, 0.05) is 13.0 Å². The van der Waals surface area contributed by atoms with Crippen LogP contribution in [0, 0.1) is 5.41 Å². The van der Waals surface area contributed by atoms with Crippen LogP contribution in [0.4, 0.5) is 0 Å². The molecule has 2 aliphatic carbocycles. The summed E-state index contributed by atoms with van der Waals surface area (Å²) >= 11 is 0. The number of carbonyl (C=O) groups is 1. The highest BCUT2D eigenvalue weighted by molar-refractivity contribution is 5.92. The Morgan fingerprint density at radius 3 is 2.64 bits per heavy atom. The smallest absolute Gasteiger partial charge is 0.144 e.